The first kappa shape index (κ1) is 14.6. The molecule has 1 amide bonds. The predicted molar refractivity (Wildman–Crippen MR) is 84.2 cm³/mol. The zero-order chi connectivity index (χ0) is 15.5. The molecule has 0 saturated heterocycles. The number of aromatic carboxylic acids is 1. The Morgan fingerprint density at radius 1 is 1.27 bits per heavy atom. The smallest absolute Gasteiger partial charge is 0.338 e. The number of rotatable bonds is 3. The van der Waals surface area contributed by atoms with Gasteiger partial charge in [-0.1, -0.05) is 30.0 Å². The molecule has 2 N–H and O–H groups in total. The first-order valence-corrected chi connectivity index (χ1v) is 7.77. The van der Waals surface area contributed by atoms with Crippen molar-refractivity contribution in [1.29, 1.82) is 0 Å². The van der Waals surface area contributed by atoms with Crippen LogP contribution in [0.2, 0.25) is 0 Å². The highest BCUT2D eigenvalue weighted by atomic mass is 32.2. The van der Waals surface area contributed by atoms with Gasteiger partial charge in [-0.15, -0.1) is 0 Å². The van der Waals surface area contributed by atoms with Crippen LogP contribution in [0.4, 0.5) is 5.69 Å². The number of anilines is 1. The zero-order valence-electron chi connectivity index (χ0n) is 11.7. The number of carboxylic acid groups (broad SMARTS) is 1. The molecule has 1 aromatic carbocycles. The number of thioether (sulfide) groups is 1. The van der Waals surface area contributed by atoms with Crippen molar-refractivity contribution in [1.82, 2.24) is 4.98 Å². The normalized spacial score (nSPS) is 17.3. The molecule has 0 saturated carbocycles. The number of aromatic nitrogens is 1. The van der Waals surface area contributed by atoms with Gasteiger partial charge < -0.3 is 10.4 Å². The molecule has 2 aromatic rings. The van der Waals surface area contributed by atoms with Gasteiger partial charge in [0, 0.05) is 11.9 Å². The van der Waals surface area contributed by atoms with Crippen LogP contribution in [-0.4, -0.2) is 27.2 Å². The summed E-state index contributed by atoms with van der Waals surface area (Å²) in [6, 6.07) is 10.8. The van der Waals surface area contributed by atoms with Crippen LogP contribution in [0.5, 0.6) is 0 Å². The molecule has 0 fully saturated rings. The third-order valence-corrected chi connectivity index (χ3v) is 4.78. The fourth-order valence-electron chi connectivity index (χ4n) is 2.39. The number of carbonyl (C=O) groups excluding carboxylic acids is 1. The Morgan fingerprint density at radius 2 is 2.09 bits per heavy atom. The van der Waals surface area contributed by atoms with E-state index in [2.05, 4.69) is 10.3 Å². The molecule has 0 radical (unpaired) electrons. The summed E-state index contributed by atoms with van der Waals surface area (Å²) in [6.07, 6.45) is 2.95. The summed E-state index contributed by atoms with van der Waals surface area (Å²) in [5, 5.41) is 12.1. The van der Waals surface area contributed by atoms with Gasteiger partial charge in [-0.2, -0.15) is 0 Å². The first-order valence-electron chi connectivity index (χ1n) is 6.89. The summed E-state index contributed by atoms with van der Waals surface area (Å²) in [5.41, 5.74) is 2.05. The second-order valence-electron chi connectivity index (χ2n) is 4.95. The quantitative estimate of drug-likeness (QED) is 0.910. The standard InChI is InChI=1S/C16H14N2O3S/c19-14-13(8-7-10-4-1-2-6-12(10)18-14)22-15-11(16(20)21)5-3-9-17-15/h1-6,9,13H,7-8H2,(H,18,19)(H,20,21)/t13-/m0/s1. The van der Waals surface area contributed by atoms with E-state index >= 15 is 0 Å². The number of nitrogens with one attached hydrogen (secondary N) is 1. The number of hydrogen-bond acceptors (Lipinski definition) is 4. The SMILES string of the molecule is O=C(O)c1cccnc1S[C@H]1CCc2ccccc2NC1=O. The van der Waals surface area contributed by atoms with Gasteiger partial charge >= 0.3 is 5.97 Å². The second kappa shape index (κ2) is 6.19. The summed E-state index contributed by atoms with van der Waals surface area (Å²) in [4.78, 5) is 27.7. The lowest BCUT2D eigenvalue weighted by atomic mass is 10.1. The van der Waals surface area contributed by atoms with Crippen LogP contribution in [0.15, 0.2) is 47.6 Å². The van der Waals surface area contributed by atoms with Crippen molar-refractivity contribution in [3.05, 3.63) is 53.7 Å². The minimum atomic E-state index is -1.03. The number of para-hydroxylation sites is 1. The molecule has 1 aliphatic rings. The number of amides is 1. The largest absolute Gasteiger partial charge is 0.478 e. The highest BCUT2D eigenvalue weighted by Gasteiger charge is 2.26. The van der Waals surface area contributed by atoms with Crippen molar-refractivity contribution < 1.29 is 14.7 Å². The van der Waals surface area contributed by atoms with Crippen LogP contribution in [0.1, 0.15) is 22.3 Å². The molecule has 5 nitrogen and oxygen atoms in total. The fraction of sp³-hybridized carbons (Fsp3) is 0.188. The summed E-state index contributed by atoms with van der Waals surface area (Å²) in [7, 11) is 0. The van der Waals surface area contributed by atoms with Crippen molar-refractivity contribution in [2.75, 3.05) is 5.32 Å². The number of fused-ring (bicyclic) bond motifs is 1. The molecule has 0 aliphatic carbocycles. The highest BCUT2D eigenvalue weighted by molar-refractivity contribution is 8.00. The lowest BCUT2D eigenvalue weighted by Crippen LogP contribution is -2.24. The Bertz CT molecular complexity index is 733. The molecule has 1 aliphatic heterocycles. The topological polar surface area (TPSA) is 79.3 Å². The van der Waals surface area contributed by atoms with Gasteiger partial charge in [0.2, 0.25) is 5.91 Å². The van der Waals surface area contributed by atoms with Crippen LogP contribution in [0.3, 0.4) is 0 Å². The fourth-order valence-corrected chi connectivity index (χ4v) is 3.46. The third kappa shape index (κ3) is 2.96. The minimum absolute atomic E-state index is 0.114. The van der Waals surface area contributed by atoms with E-state index in [1.54, 1.807) is 6.07 Å². The van der Waals surface area contributed by atoms with E-state index in [-0.39, 0.29) is 16.7 Å². The van der Waals surface area contributed by atoms with Crippen LogP contribution < -0.4 is 5.32 Å². The summed E-state index contributed by atoms with van der Waals surface area (Å²) >= 11 is 1.21. The van der Waals surface area contributed by atoms with Crippen molar-refractivity contribution in [2.24, 2.45) is 0 Å². The summed E-state index contributed by atoms with van der Waals surface area (Å²) in [5.74, 6) is -1.15. The van der Waals surface area contributed by atoms with Gasteiger partial charge in [0.05, 0.1) is 10.8 Å². The van der Waals surface area contributed by atoms with Crippen molar-refractivity contribution in [2.45, 2.75) is 23.1 Å². The lowest BCUT2D eigenvalue weighted by molar-refractivity contribution is -0.115. The second-order valence-corrected chi connectivity index (χ2v) is 6.14. The Morgan fingerprint density at radius 3 is 2.91 bits per heavy atom. The molecule has 1 atom stereocenters. The van der Waals surface area contributed by atoms with E-state index in [9.17, 15) is 14.7 Å². The maximum Gasteiger partial charge on any atom is 0.338 e. The van der Waals surface area contributed by atoms with Gasteiger partial charge in [-0.05, 0) is 36.6 Å². The van der Waals surface area contributed by atoms with Crippen molar-refractivity contribution >= 4 is 29.3 Å². The number of carboxylic acids is 1. The first-order chi connectivity index (χ1) is 10.6. The molecule has 0 bridgehead atoms. The summed E-state index contributed by atoms with van der Waals surface area (Å²) in [6.45, 7) is 0. The van der Waals surface area contributed by atoms with Gasteiger partial charge in [-0.3, -0.25) is 4.79 Å². The van der Waals surface area contributed by atoms with Gasteiger partial charge in [-0.25, -0.2) is 9.78 Å². The molecule has 112 valence electrons. The Hall–Kier alpha value is -2.34. The van der Waals surface area contributed by atoms with E-state index in [0.29, 0.717) is 11.4 Å². The lowest BCUT2D eigenvalue weighted by Gasteiger charge is -2.13. The Kier molecular flexibility index (Phi) is 4.11. The number of carbonyl (C=O) groups is 2. The minimum Gasteiger partial charge on any atom is -0.478 e. The van der Waals surface area contributed by atoms with Crippen molar-refractivity contribution in [3.8, 4) is 0 Å². The zero-order valence-corrected chi connectivity index (χ0v) is 12.5. The molecule has 3 rings (SSSR count). The van der Waals surface area contributed by atoms with E-state index < -0.39 is 5.97 Å². The van der Waals surface area contributed by atoms with Gasteiger partial charge in [0.1, 0.15) is 5.03 Å². The van der Waals surface area contributed by atoms with Crippen LogP contribution in [0.25, 0.3) is 0 Å². The van der Waals surface area contributed by atoms with E-state index in [1.807, 2.05) is 24.3 Å². The van der Waals surface area contributed by atoms with Crippen LogP contribution in [0, 0.1) is 0 Å². The van der Waals surface area contributed by atoms with Crippen LogP contribution >= 0.6 is 11.8 Å². The van der Waals surface area contributed by atoms with E-state index in [0.717, 1.165) is 17.7 Å². The average molecular weight is 314 g/mol. The number of pyridine rings is 1. The van der Waals surface area contributed by atoms with Gasteiger partial charge in [0.15, 0.2) is 0 Å². The molecule has 0 spiro atoms. The molecule has 2 heterocycles. The molecule has 0 unspecified atom stereocenters. The van der Waals surface area contributed by atoms with E-state index in [1.165, 1.54) is 24.0 Å². The third-order valence-electron chi connectivity index (χ3n) is 3.50. The van der Waals surface area contributed by atoms with Crippen LogP contribution in [-0.2, 0) is 11.2 Å². The summed E-state index contributed by atoms with van der Waals surface area (Å²) < 4.78 is 0. The maximum atomic E-state index is 12.4. The molecule has 6 heteroatoms. The molecule has 22 heavy (non-hydrogen) atoms. The number of nitrogens with zero attached hydrogens (tertiary/aromatic N) is 1. The number of hydrogen-bond donors (Lipinski definition) is 2. The highest BCUT2D eigenvalue weighted by Crippen LogP contribution is 2.32. The average Bonchev–Trinajstić information content (AvgIpc) is 2.67. The van der Waals surface area contributed by atoms with Crippen molar-refractivity contribution in [3.63, 3.8) is 0 Å². The molecule has 1 aromatic heterocycles. The number of aryl methyl sites for hydroxylation is 1. The van der Waals surface area contributed by atoms with E-state index in [4.69, 9.17) is 0 Å². The maximum absolute atomic E-state index is 12.4. The van der Waals surface area contributed by atoms with Gasteiger partial charge in [0.25, 0.3) is 0 Å². The molecular weight excluding hydrogens is 300 g/mol. The molecular formula is C16H14N2O3S. The monoisotopic (exact) mass is 314 g/mol. The Labute approximate surface area is 131 Å². The predicted octanol–water partition coefficient (Wildman–Crippen LogP) is 2.83. The number of benzene rings is 1. The Balaban J connectivity index is 1.83.